The average molecular weight is 309 g/mol. The first-order chi connectivity index (χ1) is 9.75. The maximum absolute atomic E-state index is 12.7. The van der Waals surface area contributed by atoms with Gasteiger partial charge in [0.05, 0.1) is 11.1 Å². The average Bonchev–Trinajstić information content (AvgIpc) is 2.39. The van der Waals surface area contributed by atoms with Crippen molar-refractivity contribution in [3.05, 3.63) is 47.9 Å². The van der Waals surface area contributed by atoms with Crippen LogP contribution in [0.25, 0.3) is 0 Å². The van der Waals surface area contributed by atoms with Crippen LogP contribution in [0.3, 0.4) is 0 Å². The number of hydrogen-bond donors (Lipinski definition) is 2. The molecule has 0 saturated heterocycles. The van der Waals surface area contributed by atoms with E-state index in [-0.39, 0.29) is 22.0 Å². The number of anilines is 2. The van der Waals surface area contributed by atoms with Crippen LogP contribution in [-0.2, 0) is 9.84 Å². The number of nitrogens with zero attached hydrogens (tertiary/aromatic N) is 1. The Morgan fingerprint density at radius 1 is 1.29 bits per heavy atom. The van der Waals surface area contributed by atoms with Crippen molar-refractivity contribution in [2.75, 3.05) is 17.3 Å². The summed E-state index contributed by atoms with van der Waals surface area (Å²) in [6, 6.07) is 6.25. The van der Waals surface area contributed by atoms with Gasteiger partial charge < -0.3 is 11.1 Å². The number of rotatable bonds is 3. The Morgan fingerprint density at radius 3 is 2.57 bits per heavy atom. The summed E-state index contributed by atoms with van der Waals surface area (Å²) >= 11 is 0. The number of pyridine rings is 1. The van der Waals surface area contributed by atoms with Crippen LogP contribution in [0.1, 0.15) is 10.4 Å². The summed E-state index contributed by atoms with van der Waals surface area (Å²) in [6.45, 7) is 0. The van der Waals surface area contributed by atoms with Crippen molar-refractivity contribution >= 4 is 27.2 Å². The molecule has 0 unspecified atom stereocenters. The predicted molar refractivity (Wildman–Crippen MR) is 76.1 cm³/mol. The summed E-state index contributed by atoms with van der Waals surface area (Å²) in [5.74, 6) is -0.979. The number of carbonyl (C=O) groups excluding carboxylic acids is 1. The smallest absolute Gasteiger partial charge is 0.256 e. The van der Waals surface area contributed by atoms with E-state index in [2.05, 4.69) is 10.3 Å². The molecule has 6 nitrogen and oxygen atoms in total. The SMILES string of the molecule is CS(=O)(=O)c1cc(N)cc(C(=O)Nc2ccc(F)cn2)c1. The number of aromatic nitrogens is 1. The van der Waals surface area contributed by atoms with E-state index in [0.717, 1.165) is 18.5 Å². The third-order valence-electron chi connectivity index (χ3n) is 2.59. The van der Waals surface area contributed by atoms with E-state index in [4.69, 9.17) is 5.73 Å². The molecule has 1 amide bonds. The fourth-order valence-corrected chi connectivity index (χ4v) is 2.30. The van der Waals surface area contributed by atoms with E-state index in [1.807, 2.05) is 0 Å². The van der Waals surface area contributed by atoms with Crippen LogP contribution in [0.2, 0.25) is 0 Å². The molecule has 1 aromatic heterocycles. The standard InChI is InChI=1S/C13H12FN3O3S/c1-21(19,20)11-5-8(4-10(15)6-11)13(18)17-12-3-2-9(14)7-16-12/h2-7H,15H2,1H3,(H,16,17,18). The van der Waals surface area contributed by atoms with Gasteiger partial charge in [0.15, 0.2) is 9.84 Å². The Balaban J connectivity index is 2.31. The number of carbonyl (C=O) groups is 1. The molecule has 0 radical (unpaired) electrons. The van der Waals surface area contributed by atoms with Crippen LogP contribution in [0.5, 0.6) is 0 Å². The van der Waals surface area contributed by atoms with Gasteiger partial charge in [0.1, 0.15) is 11.6 Å². The van der Waals surface area contributed by atoms with Crippen molar-refractivity contribution in [1.82, 2.24) is 4.98 Å². The highest BCUT2D eigenvalue weighted by atomic mass is 32.2. The second kappa shape index (κ2) is 5.49. The summed E-state index contributed by atoms with van der Waals surface area (Å²) < 4.78 is 35.8. The van der Waals surface area contributed by atoms with Crippen molar-refractivity contribution in [1.29, 1.82) is 0 Å². The summed E-state index contributed by atoms with van der Waals surface area (Å²) in [6.07, 6.45) is 1.97. The van der Waals surface area contributed by atoms with Gasteiger partial charge in [-0.2, -0.15) is 0 Å². The summed E-state index contributed by atoms with van der Waals surface area (Å²) in [5.41, 5.74) is 5.82. The van der Waals surface area contributed by atoms with Gasteiger partial charge in [-0.05, 0) is 30.3 Å². The molecule has 0 fully saturated rings. The van der Waals surface area contributed by atoms with E-state index in [9.17, 15) is 17.6 Å². The van der Waals surface area contributed by atoms with E-state index >= 15 is 0 Å². The molecule has 0 aliphatic carbocycles. The van der Waals surface area contributed by atoms with Gasteiger partial charge in [-0.1, -0.05) is 0 Å². The highest BCUT2D eigenvalue weighted by Crippen LogP contribution is 2.18. The Hall–Kier alpha value is -2.48. The summed E-state index contributed by atoms with van der Waals surface area (Å²) in [4.78, 5) is 15.7. The molecular weight excluding hydrogens is 297 g/mol. The molecule has 0 spiro atoms. The number of nitrogen functional groups attached to an aromatic ring is 1. The highest BCUT2D eigenvalue weighted by Gasteiger charge is 2.14. The number of halogens is 1. The maximum Gasteiger partial charge on any atom is 0.256 e. The van der Waals surface area contributed by atoms with Gasteiger partial charge in [0.2, 0.25) is 0 Å². The van der Waals surface area contributed by atoms with Crippen LogP contribution in [0.4, 0.5) is 15.9 Å². The quantitative estimate of drug-likeness (QED) is 0.836. The van der Waals surface area contributed by atoms with Crippen molar-refractivity contribution in [2.24, 2.45) is 0 Å². The zero-order chi connectivity index (χ0) is 15.6. The lowest BCUT2D eigenvalue weighted by atomic mass is 10.2. The fourth-order valence-electron chi connectivity index (χ4n) is 1.61. The predicted octanol–water partition coefficient (Wildman–Crippen LogP) is 1.46. The van der Waals surface area contributed by atoms with E-state index in [1.165, 1.54) is 24.3 Å². The van der Waals surface area contributed by atoms with E-state index in [0.29, 0.717) is 0 Å². The number of nitrogens with one attached hydrogen (secondary N) is 1. The molecule has 0 atom stereocenters. The molecule has 110 valence electrons. The molecular formula is C13H12FN3O3S. The second-order valence-corrected chi connectivity index (χ2v) is 6.39. The molecule has 21 heavy (non-hydrogen) atoms. The molecule has 0 saturated carbocycles. The minimum Gasteiger partial charge on any atom is -0.399 e. The minimum atomic E-state index is -3.49. The molecule has 8 heteroatoms. The van der Waals surface area contributed by atoms with Gasteiger partial charge in [-0.3, -0.25) is 4.79 Å². The molecule has 2 aromatic rings. The Kier molecular flexibility index (Phi) is 3.90. The van der Waals surface area contributed by atoms with Crippen molar-refractivity contribution in [2.45, 2.75) is 4.90 Å². The van der Waals surface area contributed by atoms with Gasteiger partial charge in [-0.25, -0.2) is 17.8 Å². The first-order valence-electron chi connectivity index (χ1n) is 5.79. The number of sulfone groups is 1. The molecule has 0 aliphatic rings. The number of benzene rings is 1. The normalized spacial score (nSPS) is 11.1. The third-order valence-corrected chi connectivity index (χ3v) is 3.68. The van der Waals surface area contributed by atoms with Crippen LogP contribution >= 0.6 is 0 Å². The van der Waals surface area contributed by atoms with Crippen molar-refractivity contribution in [3.8, 4) is 0 Å². The lowest BCUT2D eigenvalue weighted by molar-refractivity contribution is 0.102. The lowest BCUT2D eigenvalue weighted by Gasteiger charge is -2.07. The fraction of sp³-hybridized carbons (Fsp3) is 0.0769. The van der Waals surface area contributed by atoms with E-state index in [1.54, 1.807) is 0 Å². The monoisotopic (exact) mass is 309 g/mol. The van der Waals surface area contributed by atoms with Gasteiger partial charge in [-0.15, -0.1) is 0 Å². The Morgan fingerprint density at radius 2 is 2.00 bits per heavy atom. The van der Waals surface area contributed by atoms with Crippen LogP contribution in [0.15, 0.2) is 41.4 Å². The summed E-state index contributed by atoms with van der Waals surface area (Å²) in [7, 11) is -3.49. The van der Waals surface area contributed by atoms with Crippen LogP contribution in [0, 0.1) is 5.82 Å². The highest BCUT2D eigenvalue weighted by molar-refractivity contribution is 7.90. The molecule has 2 rings (SSSR count). The molecule has 1 heterocycles. The van der Waals surface area contributed by atoms with Crippen LogP contribution < -0.4 is 11.1 Å². The maximum atomic E-state index is 12.7. The minimum absolute atomic E-state index is 0.0558. The largest absolute Gasteiger partial charge is 0.399 e. The van der Waals surface area contributed by atoms with Crippen LogP contribution in [-0.4, -0.2) is 25.6 Å². The third kappa shape index (κ3) is 3.76. The topological polar surface area (TPSA) is 102 Å². The molecule has 0 aliphatic heterocycles. The first-order valence-corrected chi connectivity index (χ1v) is 7.68. The van der Waals surface area contributed by atoms with Gasteiger partial charge in [0, 0.05) is 17.5 Å². The summed E-state index contributed by atoms with van der Waals surface area (Å²) in [5, 5.41) is 2.42. The number of hydrogen-bond acceptors (Lipinski definition) is 5. The Labute approximate surface area is 120 Å². The molecule has 3 N–H and O–H groups in total. The zero-order valence-electron chi connectivity index (χ0n) is 11.0. The second-order valence-electron chi connectivity index (χ2n) is 4.38. The lowest BCUT2D eigenvalue weighted by Crippen LogP contribution is -2.14. The molecule has 0 bridgehead atoms. The number of amides is 1. The Bertz CT molecular complexity index is 789. The molecule has 1 aromatic carbocycles. The van der Waals surface area contributed by atoms with Gasteiger partial charge >= 0.3 is 0 Å². The van der Waals surface area contributed by atoms with Crippen molar-refractivity contribution < 1.29 is 17.6 Å². The number of nitrogens with two attached hydrogens (primary N) is 1. The van der Waals surface area contributed by atoms with Crippen molar-refractivity contribution in [3.63, 3.8) is 0 Å². The van der Waals surface area contributed by atoms with Gasteiger partial charge in [0.25, 0.3) is 5.91 Å². The first kappa shape index (κ1) is 14.9. The zero-order valence-corrected chi connectivity index (χ0v) is 11.8. The van der Waals surface area contributed by atoms with E-state index < -0.39 is 21.6 Å².